The van der Waals surface area contributed by atoms with Gasteiger partial charge in [0.05, 0.1) is 6.20 Å². The van der Waals surface area contributed by atoms with E-state index >= 15 is 0 Å². The van der Waals surface area contributed by atoms with E-state index in [2.05, 4.69) is 58.5 Å². The number of nitrogens with one attached hydrogen (secondary N) is 2. The average molecular weight is 377 g/mol. The van der Waals surface area contributed by atoms with Crippen molar-refractivity contribution in [2.24, 2.45) is 0 Å². The number of aryl methyl sites for hydroxylation is 2. The predicted molar refractivity (Wildman–Crippen MR) is 109 cm³/mol. The van der Waals surface area contributed by atoms with E-state index in [9.17, 15) is 4.79 Å². The summed E-state index contributed by atoms with van der Waals surface area (Å²) < 4.78 is 0. The van der Waals surface area contributed by atoms with Crippen molar-refractivity contribution >= 4 is 5.91 Å². The molecule has 28 heavy (non-hydrogen) atoms. The van der Waals surface area contributed by atoms with Crippen LogP contribution >= 0.6 is 0 Å². The van der Waals surface area contributed by atoms with Gasteiger partial charge in [-0.3, -0.25) is 15.0 Å². The molecule has 146 valence electrons. The standard InChI is InChI=1S/C22H27N5O/c1-3-5-18-13-20(25-24-18)22(28)27-10-8-16(9-11-27)21-19(14-23-26-21)17-7-4-6-15(2)12-17/h4,6-7,12-14,16H,3,5,8-11H2,1-2H3,(H,23,26)(H,24,25). The topological polar surface area (TPSA) is 77.7 Å². The minimum atomic E-state index is 0.0283. The second-order valence-corrected chi connectivity index (χ2v) is 7.66. The van der Waals surface area contributed by atoms with Crippen LogP contribution in [0.5, 0.6) is 0 Å². The molecule has 1 fully saturated rings. The van der Waals surface area contributed by atoms with Gasteiger partial charge in [0, 0.05) is 36.0 Å². The first-order chi connectivity index (χ1) is 13.7. The highest BCUT2D eigenvalue weighted by atomic mass is 16.2. The highest BCUT2D eigenvalue weighted by Gasteiger charge is 2.28. The zero-order valence-electron chi connectivity index (χ0n) is 16.5. The number of hydrogen-bond donors (Lipinski definition) is 2. The van der Waals surface area contributed by atoms with Gasteiger partial charge in [-0.15, -0.1) is 0 Å². The van der Waals surface area contributed by atoms with Crippen molar-refractivity contribution in [2.45, 2.75) is 45.4 Å². The smallest absolute Gasteiger partial charge is 0.274 e. The van der Waals surface area contributed by atoms with Crippen LogP contribution in [0.2, 0.25) is 0 Å². The molecule has 1 amide bonds. The van der Waals surface area contributed by atoms with Crippen molar-refractivity contribution in [3.8, 4) is 11.1 Å². The molecule has 0 aliphatic carbocycles. The van der Waals surface area contributed by atoms with Crippen LogP contribution < -0.4 is 0 Å². The van der Waals surface area contributed by atoms with Gasteiger partial charge in [-0.25, -0.2) is 0 Å². The first-order valence-corrected chi connectivity index (χ1v) is 10.1. The van der Waals surface area contributed by atoms with Crippen LogP contribution in [0.1, 0.15) is 59.5 Å². The van der Waals surface area contributed by atoms with Gasteiger partial charge in [0.1, 0.15) is 5.69 Å². The molecule has 0 saturated carbocycles. The van der Waals surface area contributed by atoms with Gasteiger partial charge in [-0.05, 0) is 37.8 Å². The minimum absolute atomic E-state index is 0.0283. The van der Waals surface area contributed by atoms with Crippen LogP contribution in [0.4, 0.5) is 0 Å². The summed E-state index contributed by atoms with van der Waals surface area (Å²) >= 11 is 0. The van der Waals surface area contributed by atoms with E-state index in [1.165, 1.54) is 22.4 Å². The molecule has 1 aliphatic rings. The third kappa shape index (κ3) is 3.72. The van der Waals surface area contributed by atoms with Gasteiger partial charge in [0.25, 0.3) is 5.91 Å². The lowest BCUT2D eigenvalue weighted by molar-refractivity contribution is 0.0706. The molecule has 2 aromatic heterocycles. The third-order valence-corrected chi connectivity index (χ3v) is 5.56. The highest BCUT2D eigenvalue weighted by Crippen LogP contribution is 2.34. The number of hydrogen-bond acceptors (Lipinski definition) is 3. The number of carbonyl (C=O) groups is 1. The molecule has 1 aliphatic heterocycles. The molecule has 0 spiro atoms. The van der Waals surface area contributed by atoms with Gasteiger partial charge in [-0.2, -0.15) is 10.2 Å². The van der Waals surface area contributed by atoms with Gasteiger partial charge < -0.3 is 4.90 Å². The van der Waals surface area contributed by atoms with Gasteiger partial charge in [-0.1, -0.05) is 43.2 Å². The molecular weight excluding hydrogens is 350 g/mol. The molecule has 0 atom stereocenters. The maximum absolute atomic E-state index is 12.8. The summed E-state index contributed by atoms with van der Waals surface area (Å²) in [6.07, 6.45) is 5.73. The fourth-order valence-corrected chi connectivity index (χ4v) is 4.05. The molecule has 0 radical (unpaired) electrons. The summed E-state index contributed by atoms with van der Waals surface area (Å²) in [5.41, 5.74) is 6.35. The predicted octanol–water partition coefficient (Wildman–Crippen LogP) is 4.08. The van der Waals surface area contributed by atoms with Crippen molar-refractivity contribution in [3.63, 3.8) is 0 Å². The number of carbonyl (C=O) groups excluding carboxylic acids is 1. The largest absolute Gasteiger partial charge is 0.337 e. The Balaban J connectivity index is 1.43. The average Bonchev–Trinajstić information content (AvgIpc) is 3.38. The second-order valence-electron chi connectivity index (χ2n) is 7.66. The Morgan fingerprint density at radius 3 is 2.79 bits per heavy atom. The number of aromatic amines is 2. The lowest BCUT2D eigenvalue weighted by Crippen LogP contribution is -2.38. The van der Waals surface area contributed by atoms with Crippen LogP contribution in [0.15, 0.2) is 36.5 Å². The Labute approximate surface area is 165 Å². The Bertz CT molecular complexity index is 949. The number of piperidine rings is 1. The second kappa shape index (κ2) is 8.00. The zero-order chi connectivity index (χ0) is 19.5. The summed E-state index contributed by atoms with van der Waals surface area (Å²) in [6.45, 7) is 5.71. The number of nitrogens with zero attached hydrogens (tertiary/aromatic N) is 3. The van der Waals surface area contributed by atoms with Crippen LogP contribution in [-0.4, -0.2) is 44.3 Å². The van der Waals surface area contributed by atoms with Crippen molar-refractivity contribution in [2.75, 3.05) is 13.1 Å². The number of likely N-dealkylation sites (tertiary alicyclic amines) is 1. The zero-order valence-corrected chi connectivity index (χ0v) is 16.5. The summed E-state index contributed by atoms with van der Waals surface area (Å²) in [4.78, 5) is 14.7. The van der Waals surface area contributed by atoms with Gasteiger partial charge in [0.2, 0.25) is 0 Å². The number of H-pyrrole nitrogens is 2. The van der Waals surface area contributed by atoms with Gasteiger partial charge >= 0.3 is 0 Å². The fraction of sp³-hybridized carbons (Fsp3) is 0.409. The van der Waals surface area contributed by atoms with Crippen LogP contribution in [0.3, 0.4) is 0 Å². The molecule has 6 heteroatoms. The Morgan fingerprint density at radius 1 is 1.21 bits per heavy atom. The van der Waals surface area contributed by atoms with Crippen LogP contribution in [0, 0.1) is 6.92 Å². The van der Waals surface area contributed by atoms with E-state index in [-0.39, 0.29) is 5.91 Å². The Kier molecular flexibility index (Phi) is 5.28. The molecule has 6 nitrogen and oxygen atoms in total. The van der Waals surface area contributed by atoms with Crippen molar-refractivity contribution in [3.05, 3.63) is 59.2 Å². The van der Waals surface area contributed by atoms with E-state index in [0.29, 0.717) is 11.6 Å². The van der Waals surface area contributed by atoms with E-state index in [4.69, 9.17) is 0 Å². The molecule has 4 rings (SSSR count). The van der Waals surface area contributed by atoms with Crippen molar-refractivity contribution < 1.29 is 4.79 Å². The quantitative estimate of drug-likeness (QED) is 0.703. The molecule has 3 heterocycles. The summed E-state index contributed by atoms with van der Waals surface area (Å²) in [5.74, 6) is 0.414. The summed E-state index contributed by atoms with van der Waals surface area (Å²) in [6, 6.07) is 10.4. The van der Waals surface area contributed by atoms with Crippen molar-refractivity contribution in [1.82, 2.24) is 25.3 Å². The molecule has 0 unspecified atom stereocenters. The van der Waals surface area contributed by atoms with Crippen molar-refractivity contribution in [1.29, 1.82) is 0 Å². The molecule has 2 N–H and O–H groups in total. The van der Waals surface area contributed by atoms with Gasteiger partial charge in [0.15, 0.2) is 0 Å². The minimum Gasteiger partial charge on any atom is -0.337 e. The third-order valence-electron chi connectivity index (χ3n) is 5.56. The first kappa shape index (κ1) is 18.5. The molecule has 1 saturated heterocycles. The Hall–Kier alpha value is -2.89. The van der Waals surface area contributed by atoms with E-state index in [1.807, 2.05) is 17.2 Å². The molecule has 1 aromatic carbocycles. The lowest BCUT2D eigenvalue weighted by Gasteiger charge is -2.31. The summed E-state index contributed by atoms with van der Waals surface area (Å²) in [7, 11) is 0. The maximum atomic E-state index is 12.8. The number of aromatic nitrogens is 4. The van der Waals surface area contributed by atoms with Crippen LogP contribution in [-0.2, 0) is 6.42 Å². The van der Waals surface area contributed by atoms with E-state index < -0.39 is 0 Å². The van der Waals surface area contributed by atoms with E-state index in [0.717, 1.165) is 44.5 Å². The van der Waals surface area contributed by atoms with Crippen LogP contribution in [0.25, 0.3) is 11.1 Å². The summed E-state index contributed by atoms with van der Waals surface area (Å²) in [5, 5.41) is 14.7. The molecule has 0 bridgehead atoms. The molecule has 3 aromatic rings. The molecular formula is C22H27N5O. The maximum Gasteiger partial charge on any atom is 0.274 e. The normalized spacial score (nSPS) is 15.1. The number of benzene rings is 1. The Morgan fingerprint density at radius 2 is 2.04 bits per heavy atom. The van der Waals surface area contributed by atoms with E-state index in [1.54, 1.807) is 0 Å². The highest BCUT2D eigenvalue weighted by molar-refractivity contribution is 5.92. The SMILES string of the molecule is CCCc1cc(C(=O)N2CCC(c3[nH]ncc3-c3cccc(C)c3)CC2)n[nH]1. The first-order valence-electron chi connectivity index (χ1n) is 10.1. The lowest BCUT2D eigenvalue weighted by atomic mass is 9.89. The number of rotatable bonds is 5. The monoisotopic (exact) mass is 377 g/mol. The number of amides is 1. The fourth-order valence-electron chi connectivity index (χ4n) is 4.05.